The molecule has 2 N–H and O–H groups in total. The first kappa shape index (κ1) is 6.34. The number of aryl methyl sites for hydroxylation is 1. The fraction of sp³-hybridized carbons (Fsp3) is 0.286. The molecule has 1 nitrogen and oxygen atoms in total. The van der Waals surface area contributed by atoms with Gasteiger partial charge in [0, 0.05) is 0 Å². The van der Waals surface area contributed by atoms with E-state index < -0.39 is 0 Å². The molecule has 9 heavy (non-hydrogen) atoms. The normalized spacial score (nSPS) is 9.11. The molecule has 1 aromatic rings. The Hall–Kier alpha value is -0.785. The first-order chi connectivity index (χ1) is 4.22. The molecule has 46 valence electrons. The molecule has 1 rings (SSSR count). The molecule has 0 spiro atoms. The summed E-state index contributed by atoms with van der Waals surface area (Å²) < 4.78 is 0. The van der Waals surface area contributed by atoms with Crippen molar-refractivity contribution in [3.63, 3.8) is 0 Å². The average molecular weight is 119 g/mol. The number of hydrogen-bond acceptors (Lipinski definition) is 1. The summed E-state index contributed by atoms with van der Waals surface area (Å²) in [6, 6.07) is 2.06. The van der Waals surface area contributed by atoms with Gasteiger partial charge in [0.1, 0.15) is 0 Å². The third kappa shape index (κ3) is 1.12. The van der Waals surface area contributed by atoms with E-state index in [2.05, 4.69) is 13.0 Å². The van der Waals surface area contributed by atoms with Gasteiger partial charge in [0.05, 0.1) is 0 Å². The fourth-order valence-electron chi connectivity index (χ4n) is 0.774. The Morgan fingerprint density at radius 3 is 2.56 bits per heavy atom. The molecule has 0 aliphatic rings. The maximum absolute atomic E-state index is 5.62. The van der Waals surface area contributed by atoms with Gasteiger partial charge in [-0.15, -0.1) is 0 Å². The van der Waals surface area contributed by atoms with E-state index in [0.29, 0.717) is 0 Å². The minimum absolute atomic E-state index is 0.884. The summed E-state index contributed by atoms with van der Waals surface area (Å²) in [5, 5.41) is 0. The maximum atomic E-state index is 5.62. The van der Waals surface area contributed by atoms with E-state index in [0.717, 1.165) is 5.58 Å². The van der Waals surface area contributed by atoms with Gasteiger partial charge in [-0.25, -0.2) is 0 Å². The van der Waals surface area contributed by atoms with Crippen LogP contribution in [-0.4, -0.2) is 6.91 Å². The van der Waals surface area contributed by atoms with Crippen LogP contribution in [0, 0.1) is 13.8 Å². The average Bonchev–Trinajstić information content (AvgIpc) is 1.83. The monoisotopic (exact) mass is 119 g/mol. The van der Waals surface area contributed by atoms with E-state index >= 15 is 0 Å². The van der Waals surface area contributed by atoms with Crippen molar-refractivity contribution in [3.8, 4) is 0 Å². The molecule has 0 unspecified atom stereocenters. The van der Waals surface area contributed by atoms with Crippen molar-refractivity contribution in [1.29, 1.82) is 0 Å². The molecule has 0 saturated carbocycles. The van der Waals surface area contributed by atoms with Crippen molar-refractivity contribution >= 4 is 12.5 Å². The molecule has 0 aromatic carbocycles. The van der Waals surface area contributed by atoms with Gasteiger partial charge in [-0.1, -0.05) is 0 Å². The number of rotatable bonds is 0. The third-order valence-electron chi connectivity index (χ3n) is 1.65. The Bertz CT molecular complexity index is 200. The second-order valence-corrected chi connectivity index (χ2v) is 2.29. The predicted molar refractivity (Wildman–Crippen MR) is 41.7 cm³/mol. The number of nitrogens with two attached hydrogens (primary N) is 1. The quantitative estimate of drug-likeness (QED) is 0.545. The number of nitrogen functional groups attached to an aromatic ring is 1. The van der Waals surface area contributed by atoms with E-state index in [1.54, 1.807) is 0 Å². The van der Waals surface area contributed by atoms with Gasteiger partial charge >= 0.3 is 55.2 Å². The van der Waals surface area contributed by atoms with Crippen LogP contribution in [0.1, 0.15) is 11.1 Å². The first-order valence-electron chi connectivity index (χ1n) is 3.03. The van der Waals surface area contributed by atoms with Gasteiger partial charge in [0.25, 0.3) is 0 Å². The van der Waals surface area contributed by atoms with Crippen molar-refractivity contribution < 1.29 is 0 Å². The Balaban J connectivity index is 3.25. The summed E-state index contributed by atoms with van der Waals surface area (Å²) in [6.45, 7) is 6.01. The molecular weight excluding hydrogens is 109 g/mol. The number of hydrogen-bond donors (Lipinski definition) is 1. The van der Waals surface area contributed by atoms with Gasteiger partial charge in [-0.3, -0.25) is 0 Å². The summed E-state index contributed by atoms with van der Waals surface area (Å²) in [5.74, 6) is 1.97. The molecule has 0 saturated heterocycles. The van der Waals surface area contributed by atoms with Gasteiger partial charge in [0.2, 0.25) is 0 Å². The minimum atomic E-state index is 0.884. The van der Waals surface area contributed by atoms with Crippen LogP contribution in [0.15, 0.2) is 12.0 Å². The summed E-state index contributed by atoms with van der Waals surface area (Å²) in [6.07, 6.45) is 0. The van der Waals surface area contributed by atoms with E-state index in [1.807, 2.05) is 19.8 Å². The standard InChI is InChI=1S/C7H10BN/c1-5-3-4-8-7(9)6(5)2/h3-4H,9H2,1-2H3. The number of anilines is 1. The SMILES string of the molecule is Cc1ccbc(N)c1C. The van der Waals surface area contributed by atoms with Crippen LogP contribution in [0.2, 0.25) is 0 Å². The van der Waals surface area contributed by atoms with Crippen molar-refractivity contribution in [2.75, 3.05) is 5.73 Å². The van der Waals surface area contributed by atoms with Gasteiger partial charge in [-0.2, -0.15) is 0 Å². The Kier molecular flexibility index (Phi) is 1.56. The molecule has 2 heteroatoms. The van der Waals surface area contributed by atoms with E-state index in [4.69, 9.17) is 5.73 Å². The third-order valence-corrected chi connectivity index (χ3v) is 1.65. The molecule has 0 bridgehead atoms. The van der Waals surface area contributed by atoms with E-state index in [-0.39, 0.29) is 0 Å². The van der Waals surface area contributed by atoms with E-state index in [1.165, 1.54) is 11.1 Å². The summed E-state index contributed by atoms with van der Waals surface area (Å²) in [4.78, 5) is 0. The van der Waals surface area contributed by atoms with Gasteiger partial charge in [0.15, 0.2) is 0 Å². The zero-order chi connectivity index (χ0) is 6.85. The molecule has 0 amide bonds. The topological polar surface area (TPSA) is 26.0 Å². The molecule has 0 fully saturated rings. The van der Waals surface area contributed by atoms with Crippen molar-refractivity contribution in [2.24, 2.45) is 0 Å². The second-order valence-electron chi connectivity index (χ2n) is 2.29. The van der Waals surface area contributed by atoms with Crippen molar-refractivity contribution in [3.05, 3.63) is 23.2 Å². The molecule has 1 aromatic heterocycles. The van der Waals surface area contributed by atoms with Crippen molar-refractivity contribution in [1.82, 2.24) is 0 Å². The zero-order valence-corrected chi connectivity index (χ0v) is 5.81. The Morgan fingerprint density at radius 2 is 2.11 bits per heavy atom. The zero-order valence-electron chi connectivity index (χ0n) is 5.81. The summed E-state index contributed by atoms with van der Waals surface area (Å²) >= 11 is 0. The molecule has 0 atom stereocenters. The molecule has 1 heterocycles. The Morgan fingerprint density at radius 1 is 1.44 bits per heavy atom. The Labute approximate surface area is 56.1 Å². The first-order valence-corrected chi connectivity index (χ1v) is 3.03. The molecule has 0 aliphatic carbocycles. The summed E-state index contributed by atoms with van der Waals surface area (Å²) in [5.41, 5.74) is 8.96. The van der Waals surface area contributed by atoms with Crippen LogP contribution < -0.4 is 5.73 Å². The van der Waals surface area contributed by atoms with Crippen LogP contribution in [0.3, 0.4) is 0 Å². The van der Waals surface area contributed by atoms with Crippen LogP contribution >= 0.6 is 0 Å². The molecule has 0 aliphatic heterocycles. The summed E-state index contributed by atoms with van der Waals surface area (Å²) in [7, 11) is 0. The second kappa shape index (κ2) is 2.22. The van der Waals surface area contributed by atoms with Crippen LogP contribution in [-0.2, 0) is 0 Å². The van der Waals surface area contributed by atoms with Crippen LogP contribution in [0.25, 0.3) is 0 Å². The molecular formula is C7H10BN. The van der Waals surface area contributed by atoms with Crippen LogP contribution in [0.4, 0.5) is 5.58 Å². The van der Waals surface area contributed by atoms with Crippen molar-refractivity contribution in [2.45, 2.75) is 13.8 Å². The van der Waals surface area contributed by atoms with Crippen LogP contribution in [0.5, 0.6) is 0 Å². The van der Waals surface area contributed by atoms with Gasteiger partial charge < -0.3 is 0 Å². The predicted octanol–water partition coefficient (Wildman–Crippen LogP) is 1.22. The molecule has 0 radical (unpaired) electrons. The van der Waals surface area contributed by atoms with Gasteiger partial charge in [-0.05, 0) is 0 Å². The fourth-order valence-corrected chi connectivity index (χ4v) is 0.774. The van der Waals surface area contributed by atoms with E-state index in [9.17, 15) is 0 Å².